The predicted octanol–water partition coefficient (Wildman–Crippen LogP) is 3.00. The van der Waals surface area contributed by atoms with Crippen LogP contribution in [0.15, 0.2) is 29.2 Å². The van der Waals surface area contributed by atoms with Crippen molar-refractivity contribution >= 4 is 17.2 Å². The largest absolute Gasteiger partial charge is 0.356 e. The van der Waals surface area contributed by atoms with Crippen molar-refractivity contribution in [2.24, 2.45) is 5.92 Å². The summed E-state index contributed by atoms with van der Waals surface area (Å²) < 4.78 is 1.62. The van der Waals surface area contributed by atoms with Gasteiger partial charge in [-0.3, -0.25) is 4.79 Å². The minimum atomic E-state index is -0.0449. The van der Waals surface area contributed by atoms with Crippen molar-refractivity contribution < 1.29 is 0 Å². The van der Waals surface area contributed by atoms with Crippen molar-refractivity contribution in [3.8, 4) is 10.6 Å². The smallest absolute Gasteiger partial charge is 0.266 e. The van der Waals surface area contributed by atoms with E-state index >= 15 is 0 Å². The van der Waals surface area contributed by atoms with Gasteiger partial charge in [-0.2, -0.15) is 5.10 Å². The highest BCUT2D eigenvalue weighted by Gasteiger charge is 2.22. The van der Waals surface area contributed by atoms with E-state index in [1.165, 1.54) is 0 Å². The molecule has 0 aromatic carbocycles. The highest BCUT2D eigenvalue weighted by atomic mass is 32.1. The van der Waals surface area contributed by atoms with Crippen molar-refractivity contribution in [3.05, 3.63) is 51.3 Å². The normalized spacial score (nSPS) is 15.2. The lowest BCUT2D eigenvalue weighted by Gasteiger charge is -2.32. The fraction of sp³-hybridized carbons (Fsp3) is 0.450. The number of aryl methyl sites for hydroxylation is 3. The van der Waals surface area contributed by atoms with Crippen LogP contribution in [0.3, 0.4) is 0 Å². The fourth-order valence-electron chi connectivity index (χ4n) is 3.68. The molecule has 0 radical (unpaired) electrons. The first-order chi connectivity index (χ1) is 13.5. The average Bonchev–Trinajstić information content (AvgIpc) is 3.02. The van der Waals surface area contributed by atoms with Gasteiger partial charge in [-0.1, -0.05) is 0 Å². The molecule has 0 amide bonds. The zero-order chi connectivity index (χ0) is 19.7. The molecule has 4 rings (SSSR count). The minimum absolute atomic E-state index is 0.0449. The van der Waals surface area contributed by atoms with E-state index in [0.717, 1.165) is 58.8 Å². The molecule has 0 spiro atoms. The molecule has 3 aromatic rings. The van der Waals surface area contributed by atoms with Crippen LogP contribution in [0.1, 0.15) is 29.4 Å². The summed E-state index contributed by atoms with van der Waals surface area (Å²) >= 11 is 1.62. The molecule has 28 heavy (non-hydrogen) atoms. The highest BCUT2D eigenvalue weighted by molar-refractivity contribution is 7.15. The van der Waals surface area contributed by atoms with Crippen molar-refractivity contribution in [1.82, 2.24) is 24.7 Å². The summed E-state index contributed by atoms with van der Waals surface area (Å²) in [5.74, 6) is 2.21. The van der Waals surface area contributed by atoms with Crippen LogP contribution >= 0.6 is 11.3 Å². The van der Waals surface area contributed by atoms with Crippen LogP contribution in [0.2, 0.25) is 0 Å². The van der Waals surface area contributed by atoms with Crippen LogP contribution in [-0.2, 0) is 6.54 Å². The topological polar surface area (TPSA) is 76.8 Å². The van der Waals surface area contributed by atoms with Gasteiger partial charge in [-0.15, -0.1) is 11.3 Å². The van der Waals surface area contributed by atoms with Gasteiger partial charge in [0.25, 0.3) is 5.56 Å². The van der Waals surface area contributed by atoms with Gasteiger partial charge in [0, 0.05) is 31.9 Å². The Balaban J connectivity index is 1.46. The number of anilines is 1. The third kappa shape index (κ3) is 3.96. The molecule has 1 saturated heterocycles. The number of hydrogen-bond donors (Lipinski definition) is 0. The van der Waals surface area contributed by atoms with Gasteiger partial charge in [0.15, 0.2) is 0 Å². The van der Waals surface area contributed by atoms with E-state index in [-0.39, 0.29) is 5.56 Å². The first-order valence-corrected chi connectivity index (χ1v) is 10.4. The summed E-state index contributed by atoms with van der Waals surface area (Å²) in [7, 11) is 0. The third-order valence-corrected chi connectivity index (χ3v) is 6.23. The molecule has 1 aliphatic heterocycles. The molecule has 146 valence electrons. The number of hydrogen-bond acceptors (Lipinski definition) is 7. The molecule has 3 aromatic heterocycles. The van der Waals surface area contributed by atoms with Crippen LogP contribution in [0, 0.1) is 26.7 Å². The maximum atomic E-state index is 12.4. The Morgan fingerprint density at radius 2 is 1.89 bits per heavy atom. The SMILES string of the molecule is Cc1nccc(N2CCC(Cn3nc(-c4sc(C)nc4C)ccc3=O)CC2)n1. The lowest BCUT2D eigenvalue weighted by atomic mass is 9.97. The lowest BCUT2D eigenvalue weighted by Crippen LogP contribution is -2.37. The van der Waals surface area contributed by atoms with Crippen LogP contribution in [0.5, 0.6) is 0 Å². The number of piperidine rings is 1. The van der Waals surface area contributed by atoms with Gasteiger partial charge >= 0.3 is 0 Å². The van der Waals surface area contributed by atoms with Gasteiger partial charge in [0.05, 0.1) is 15.6 Å². The van der Waals surface area contributed by atoms with Crippen molar-refractivity contribution in [2.45, 2.75) is 40.2 Å². The Kier molecular flexibility index (Phi) is 5.21. The molecule has 0 atom stereocenters. The highest BCUT2D eigenvalue weighted by Crippen LogP contribution is 2.28. The Bertz CT molecular complexity index is 1040. The molecule has 1 aliphatic rings. The summed E-state index contributed by atoms with van der Waals surface area (Å²) in [6.07, 6.45) is 3.84. The second-order valence-electron chi connectivity index (χ2n) is 7.28. The Hall–Kier alpha value is -2.61. The minimum Gasteiger partial charge on any atom is -0.356 e. The average molecular weight is 397 g/mol. The molecular formula is C20H24N6OS. The van der Waals surface area contributed by atoms with Gasteiger partial charge in [0.1, 0.15) is 17.3 Å². The molecule has 8 heteroatoms. The molecule has 0 unspecified atom stereocenters. The van der Waals surface area contributed by atoms with Gasteiger partial charge < -0.3 is 4.90 Å². The first-order valence-electron chi connectivity index (χ1n) is 9.57. The zero-order valence-electron chi connectivity index (χ0n) is 16.4. The molecule has 0 bridgehead atoms. The van der Waals surface area contributed by atoms with Crippen LogP contribution in [0.4, 0.5) is 5.82 Å². The molecule has 7 nitrogen and oxygen atoms in total. The zero-order valence-corrected chi connectivity index (χ0v) is 17.2. The van der Waals surface area contributed by atoms with E-state index < -0.39 is 0 Å². The number of nitrogens with zero attached hydrogens (tertiary/aromatic N) is 6. The molecular weight excluding hydrogens is 372 g/mol. The van der Waals surface area contributed by atoms with Crippen LogP contribution in [-0.4, -0.2) is 37.8 Å². The van der Waals surface area contributed by atoms with Gasteiger partial charge in [0.2, 0.25) is 0 Å². The number of aromatic nitrogens is 5. The van der Waals surface area contributed by atoms with E-state index in [1.807, 2.05) is 33.0 Å². The maximum absolute atomic E-state index is 12.4. The van der Waals surface area contributed by atoms with Crippen LogP contribution < -0.4 is 10.5 Å². The Morgan fingerprint density at radius 1 is 1.11 bits per heavy atom. The quantitative estimate of drug-likeness (QED) is 0.675. The number of thiazole rings is 1. The lowest BCUT2D eigenvalue weighted by molar-refractivity contribution is 0.335. The summed E-state index contributed by atoms with van der Waals surface area (Å²) in [5.41, 5.74) is 1.75. The van der Waals surface area contributed by atoms with E-state index in [4.69, 9.17) is 0 Å². The van der Waals surface area contributed by atoms with E-state index in [9.17, 15) is 4.79 Å². The second-order valence-corrected chi connectivity index (χ2v) is 8.48. The van der Waals surface area contributed by atoms with E-state index in [0.29, 0.717) is 12.5 Å². The molecule has 1 fully saturated rings. The maximum Gasteiger partial charge on any atom is 0.266 e. The molecule has 0 N–H and O–H groups in total. The standard InChI is InChI=1S/C20H24N6OS/c1-13-20(28-15(3)22-13)17-4-5-19(27)26(24-17)12-16-7-10-25(11-8-16)18-6-9-21-14(2)23-18/h4-6,9,16H,7-8,10-12H2,1-3H3. The summed E-state index contributed by atoms with van der Waals surface area (Å²) in [6, 6.07) is 5.39. The number of rotatable bonds is 4. The Morgan fingerprint density at radius 3 is 2.57 bits per heavy atom. The fourth-order valence-corrected chi connectivity index (χ4v) is 4.56. The third-order valence-electron chi connectivity index (χ3n) is 5.13. The summed E-state index contributed by atoms with van der Waals surface area (Å²) in [5, 5.41) is 5.65. The van der Waals surface area contributed by atoms with Gasteiger partial charge in [-0.05, 0) is 51.7 Å². The monoisotopic (exact) mass is 396 g/mol. The van der Waals surface area contributed by atoms with Crippen LogP contribution in [0.25, 0.3) is 10.6 Å². The molecule has 4 heterocycles. The molecule has 0 saturated carbocycles. The first kappa shape index (κ1) is 18.7. The van der Waals surface area contributed by atoms with E-state index in [2.05, 4.69) is 25.0 Å². The molecule has 0 aliphatic carbocycles. The predicted molar refractivity (Wildman–Crippen MR) is 111 cm³/mol. The van der Waals surface area contributed by atoms with Crippen molar-refractivity contribution in [2.75, 3.05) is 18.0 Å². The van der Waals surface area contributed by atoms with E-state index in [1.54, 1.807) is 28.2 Å². The van der Waals surface area contributed by atoms with Crippen molar-refractivity contribution in [1.29, 1.82) is 0 Å². The van der Waals surface area contributed by atoms with Crippen molar-refractivity contribution in [3.63, 3.8) is 0 Å². The summed E-state index contributed by atoms with van der Waals surface area (Å²) in [4.78, 5) is 28.8. The second kappa shape index (κ2) is 7.79. The Labute approximate surface area is 168 Å². The van der Waals surface area contributed by atoms with Gasteiger partial charge in [-0.25, -0.2) is 19.6 Å². The summed E-state index contributed by atoms with van der Waals surface area (Å²) in [6.45, 7) is 8.41.